The molecule has 4 aliphatic rings. The summed E-state index contributed by atoms with van der Waals surface area (Å²) in [5.74, 6) is -6.59. The Morgan fingerprint density at radius 2 is 1.76 bits per heavy atom. The molecule has 38 heavy (non-hydrogen) atoms. The summed E-state index contributed by atoms with van der Waals surface area (Å²) in [5, 5.41) is 45.4. The van der Waals surface area contributed by atoms with Gasteiger partial charge in [0.2, 0.25) is 11.6 Å². The Balaban J connectivity index is 1.59. The van der Waals surface area contributed by atoms with E-state index < -0.39 is 57.4 Å². The van der Waals surface area contributed by atoms with Crippen LogP contribution < -0.4 is 11.5 Å². The monoisotopic (exact) mass is 516 g/mol. The lowest BCUT2D eigenvalue weighted by Gasteiger charge is -2.49. The van der Waals surface area contributed by atoms with Crippen LogP contribution in [0.4, 0.5) is 0 Å². The lowest BCUT2D eigenvalue weighted by atomic mass is 9.54. The van der Waals surface area contributed by atoms with Crippen molar-refractivity contribution in [1.82, 2.24) is 0 Å². The fourth-order valence-corrected chi connectivity index (χ4v) is 7.29. The first kappa shape index (κ1) is 24.4. The number of carbonyl (C=O) groups is 3. The van der Waals surface area contributed by atoms with Gasteiger partial charge in [-0.2, -0.15) is 0 Å². The van der Waals surface area contributed by atoms with E-state index in [4.69, 9.17) is 11.5 Å². The molecule has 6 rings (SSSR count). The van der Waals surface area contributed by atoms with Gasteiger partial charge in [0.1, 0.15) is 22.8 Å². The molecule has 1 amide bonds. The number of allylic oxidation sites excluding steroid dienone is 1. The van der Waals surface area contributed by atoms with E-state index in [1.54, 1.807) is 6.07 Å². The smallest absolute Gasteiger partial charge is 0.255 e. The number of rotatable bonds is 3. The third kappa shape index (κ3) is 2.80. The predicted molar refractivity (Wildman–Crippen MR) is 136 cm³/mol. The van der Waals surface area contributed by atoms with Gasteiger partial charge >= 0.3 is 0 Å². The Morgan fingerprint density at radius 1 is 1.11 bits per heavy atom. The van der Waals surface area contributed by atoms with Crippen LogP contribution in [0.1, 0.15) is 36.5 Å². The maximum Gasteiger partial charge on any atom is 0.255 e. The van der Waals surface area contributed by atoms with Gasteiger partial charge in [-0.1, -0.05) is 37.3 Å². The number of phenols is 1. The van der Waals surface area contributed by atoms with Gasteiger partial charge in [0.05, 0.1) is 5.56 Å². The largest absolute Gasteiger partial charge is 0.511 e. The van der Waals surface area contributed by atoms with Crippen molar-refractivity contribution >= 4 is 23.2 Å². The SMILES string of the molecule is CC1CC12C(O)=C(C(N)=O)C(=O)[C@@]1(O)C(=O)C3=C(O)c4c(O)c(CN)cc(-c5ccccc5)c4C[C@H]3C[C@@H]21. The Labute approximate surface area is 218 Å². The number of ketones is 2. The van der Waals surface area contributed by atoms with Gasteiger partial charge in [0, 0.05) is 29.0 Å². The van der Waals surface area contributed by atoms with Crippen LogP contribution in [0.25, 0.3) is 16.9 Å². The molecule has 8 N–H and O–H groups in total. The molecule has 2 unspecified atom stereocenters. The number of hydrogen-bond acceptors (Lipinski definition) is 8. The number of fused-ring (bicyclic) bond motifs is 4. The molecule has 2 fully saturated rings. The normalized spacial score (nSPS) is 31.7. The summed E-state index contributed by atoms with van der Waals surface area (Å²) in [6.07, 6.45) is 0.704. The minimum atomic E-state index is -2.68. The molecule has 0 bridgehead atoms. The van der Waals surface area contributed by atoms with Gasteiger partial charge in [0.15, 0.2) is 5.60 Å². The number of benzene rings is 2. The van der Waals surface area contributed by atoms with Crippen molar-refractivity contribution in [2.75, 3.05) is 0 Å². The molecule has 0 saturated heterocycles. The fraction of sp³-hybridized carbons (Fsp3) is 0.345. The molecule has 9 heteroatoms. The molecule has 9 nitrogen and oxygen atoms in total. The fourth-order valence-electron chi connectivity index (χ4n) is 7.29. The zero-order chi connectivity index (χ0) is 27.3. The number of aliphatic hydroxyl groups is 3. The second-order valence-electron chi connectivity index (χ2n) is 11.0. The van der Waals surface area contributed by atoms with E-state index in [-0.39, 0.29) is 42.2 Å². The van der Waals surface area contributed by atoms with E-state index in [0.717, 1.165) is 11.1 Å². The van der Waals surface area contributed by atoms with Crippen LogP contribution in [0.15, 0.2) is 53.3 Å². The standard InChI is InChI=1S/C29H28N2O7/c1-12-10-28(12)18-9-14-7-17-16(13-5-3-2-4-6-13)8-15(11-30)22(32)20(17)23(33)19(14)25(35)29(18,38)26(36)21(24(28)34)27(31)37/h2-6,8,12,14,18,32-34,38H,7,9-11,30H2,1H3,(H2,31,37)/t12?,14-,18-,28?,29-/m0/s1. The van der Waals surface area contributed by atoms with Crippen LogP contribution in [0.5, 0.6) is 5.75 Å². The quantitative estimate of drug-likeness (QED) is 0.265. The van der Waals surface area contributed by atoms with E-state index in [0.29, 0.717) is 17.5 Å². The van der Waals surface area contributed by atoms with Crippen molar-refractivity contribution < 1.29 is 34.8 Å². The van der Waals surface area contributed by atoms with Crippen LogP contribution in [0, 0.1) is 23.2 Å². The van der Waals surface area contributed by atoms with Crippen molar-refractivity contribution in [2.45, 2.75) is 38.3 Å². The van der Waals surface area contributed by atoms with Gasteiger partial charge in [-0.25, -0.2) is 0 Å². The molecule has 0 aliphatic heterocycles. The third-order valence-electron chi connectivity index (χ3n) is 9.24. The highest BCUT2D eigenvalue weighted by molar-refractivity contribution is 6.33. The molecule has 2 aromatic rings. The molecule has 5 atom stereocenters. The summed E-state index contributed by atoms with van der Waals surface area (Å²) in [4.78, 5) is 39.6. The first-order chi connectivity index (χ1) is 18.0. The number of amides is 1. The topological polar surface area (TPSA) is 184 Å². The minimum absolute atomic E-state index is 0.0319. The highest BCUT2D eigenvalue weighted by atomic mass is 16.3. The van der Waals surface area contributed by atoms with Gasteiger partial charge in [-0.3, -0.25) is 14.4 Å². The summed E-state index contributed by atoms with van der Waals surface area (Å²) in [6.45, 7) is 1.78. The number of carbonyl (C=O) groups excluding carboxylic acids is 3. The van der Waals surface area contributed by atoms with Crippen molar-refractivity contribution in [2.24, 2.45) is 34.6 Å². The summed E-state index contributed by atoms with van der Waals surface area (Å²) in [6, 6.07) is 11.1. The lowest BCUT2D eigenvalue weighted by Crippen LogP contribution is -2.64. The van der Waals surface area contributed by atoms with E-state index in [2.05, 4.69) is 0 Å². The first-order valence-electron chi connectivity index (χ1n) is 12.6. The average molecular weight is 517 g/mol. The van der Waals surface area contributed by atoms with Gasteiger partial charge in [-0.15, -0.1) is 0 Å². The number of aliphatic hydroxyl groups excluding tert-OH is 2. The van der Waals surface area contributed by atoms with Crippen LogP contribution in [0.2, 0.25) is 0 Å². The number of hydrogen-bond donors (Lipinski definition) is 6. The van der Waals surface area contributed by atoms with Crippen molar-refractivity contribution in [3.63, 3.8) is 0 Å². The van der Waals surface area contributed by atoms with E-state index >= 15 is 0 Å². The maximum atomic E-state index is 14.0. The number of nitrogens with two attached hydrogens (primary N) is 2. The molecule has 0 radical (unpaired) electrons. The summed E-state index contributed by atoms with van der Waals surface area (Å²) in [7, 11) is 0. The summed E-state index contributed by atoms with van der Waals surface area (Å²) < 4.78 is 0. The molecular formula is C29H28N2O7. The zero-order valence-electron chi connectivity index (χ0n) is 20.7. The Hall–Kier alpha value is -3.95. The molecule has 4 aliphatic carbocycles. The molecule has 2 saturated carbocycles. The minimum Gasteiger partial charge on any atom is -0.511 e. The number of primary amides is 1. The van der Waals surface area contributed by atoms with Gasteiger partial charge in [0.25, 0.3) is 5.91 Å². The number of phenolic OH excluding ortho intramolecular Hbond substituents is 1. The Bertz CT molecular complexity index is 1530. The van der Waals surface area contributed by atoms with E-state index in [1.807, 2.05) is 37.3 Å². The lowest BCUT2D eigenvalue weighted by molar-refractivity contribution is -0.163. The third-order valence-corrected chi connectivity index (χ3v) is 9.24. The summed E-state index contributed by atoms with van der Waals surface area (Å²) >= 11 is 0. The zero-order valence-corrected chi connectivity index (χ0v) is 20.7. The highest BCUT2D eigenvalue weighted by Gasteiger charge is 2.75. The Morgan fingerprint density at radius 3 is 2.34 bits per heavy atom. The predicted octanol–water partition coefficient (Wildman–Crippen LogP) is 2.19. The van der Waals surface area contributed by atoms with Crippen LogP contribution >= 0.6 is 0 Å². The summed E-state index contributed by atoms with van der Waals surface area (Å²) in [5.41, 5.74) is 9.12. The molecule has 0 aromatic heterocycles. The van der Waals surface area contributed by atoms with Crippen LogP contribution in [0.3, 0.4) is 0 Å². The van der Waals surface area contributed by atoms with E-state index in [9.17, 15) is 34.8 Å². The Kier molecular flexibility index (Phi) is 4.99. The molecule has 1 spiro atoms. The van der Waals surface area contributed by atoms with Crippen molar-refractivity contribution in [3.8, 4) is 16.9 Å². The molecule has 196 valence electrons. The van der Waals surface area contributed by atoms with Gasteiger partial charge in [-0.05, 0) is 53.9 Å². The molecule has 0 heterocycles. The van der Waals surface area contributed by atoms with Crippen LogP contribution in [-0.2, 0) is 27.3 Å². The van der Waals surface area contributed by atoms with E-state index in [1.165, 1.54) is 0 Å². The van der Waals surface area contributed by atoms with Crippen molar-refractivity contribution in [1.29, 1.82) is 0 Å². The molecule has 2 aromatic carbocycles. The van der Waals surface area contributed by atoms with Crippen molar-refractivity contribution in [3.05, 3.63) is 70.0 Å². The average Bonchev–Trinajstić information content (AvgIpc) is 3.56. The molecular weight excluding hydrogens is 488 g/mol. The second kappa shape index (κ2) is 7.78. The maximum absolute atomic E-state index is 14.0. The number of aromatic hydroxyl groups is 1. The number of Topliss-reactive ketones (excluding diaryl/α,β-unsaturated/α-hetero) is 2. The highest BCUT2D eigenvalue weighted by Crippen LogP contribution is 2.70. The second-order valence-corrected chi connectivity index (χ2v) is 11.0. The first-order valence-corrected chi connectivity index (χ1v) is 12.6. The van der Waals surface area contributed by atoms with Gasteiger partial charge < -0.3 is 31.9 Å². The van der Waals surface area contributed by atoms with Crippen LogP contribution in [-0.4, -0.2) is 43.5 Å².